The van der Waals surface area contributed by atoms with E-state index in [0.717, 1.165) is 35.1 Å². The number of rotatable bonds is 5. The van der Waals surface area contributed by atoms with Crippen LogP contribution in [0.25, 0.3) is 22.0 Å². The number of aromatic nitrogens is 1. The van der Waals surface area contributed by atoms with E-state index in [4.69, 9.17) is 0 Å². The topological polar surface area (TPSA) is 28.1 Å². The van der Waals surface area contributed by atoms with Crippen LogP contribution >= 0.6 is 12.1 Å². The third kappa shape index (κ3) is 11.0. The van der Waals surface area contributed by atoms with Crippen molar-refractivity contribution in [1.29, 1.82) is 0 Å². The molecule has 5 rings (SSSR count). The lowest BCUT2D eigenvalue weighted by atomic mass is 9.97. The second kappa shape index (κ2) is 19.4. The zero-order valence-corrected chi connectivity index (χ0v) is 28.6. The highest BCUT2D eigenvalue weighted by molar-refractivity contribution is 7.99. The number of H-pyrrole nitrogens is 1. The Labute approximate surface area is 269 Å². The molecule has 3 aromatic carbocycles. The average molecular weight is 609 g/mol. The van der Waals surface area contributed by atoms with Crippen molar-refractivity contribution in [2.75, 3.05) is 6.54 Å². The summed E-state index contributed by atoms with van der Waals surface area (Å²) in [6.45, 7) is 21.0. The predicted molar refractivity (Wildman–Crippen MR) is 197 cm³/mol. The summed E-state index contributed by atoms with van der Waals surface area (Å²) in [4.78, 5) is 8.06. The number of aryl methyl sites for hydroxylation is 3. The van der Waals surface area contributed by atoms with E-state index in [2.05, 4.69) is 91.9 Å². The molecule has 232 valence electrons. The largest absolute Gasteiger partial charge is 0.361 e. The molecule has 1 N–H and O–H groups in total. The summed E-state index contributed by atoms with van der Waals surface area (Å²) in [5.74, 6) is 0. The molecule has 0 bridgehead atoms. The highest BCUT2D eigenvalue weighted by atomic mass is 32.2. The Hall–Kier alpha value is -3.89. The van der Waals surface area contributed by atoms with Crippen LogP contribution in [0.3, 0.4) is 0 Å². The van der Waals surface area contributed by atoms with Crippen LogP contribution in [0.1, 0.15) is 76.3 Å². The van der Waals surface area contributed by atoms with Crippen molar-refractivity contribution in [3.05, 3.63) is 142 Å². The van der Waals surface area contributed by atoms with E-state index in [1.165, 1.54) is 38.7 Å². The van der Waals surface area contributed by atoms with Gasteiger partial charge in [-0.15, -0.1) is 0 Å². The molecule has 0 fully saturated rings. The standard InChI is InChI=1S/C17H18FNS.C11H11N.C10H14.C2H6/c1-12-8-15(16-7-5-4-6-13(16)2)9-14(3)17(20-18)11-19-10-12;1-8(2)10-7-12-11-6-4-3-5-9(10)11;1-3-9-5-7-10(4-2)8-6-9;1-2/h4-9,11H,10H2,1-3H3;3-7,12H,1H2,2H3;5-8H,3-4H2,1-2H3;1-2H3/b12-8-,15-9+,17-14-,19-11?;;;. The van der Waals surface area contributed by atoms with Crippen molar-refractivity contribution in [2.24, 2.45) is 4.99 Å². The molecule has 0 unspecified atom stereocenters. The number of hydrogen-bond donors (Lipinski definition) is 1. The highest BCUT2D eigenvalue weighted by Crippen LogP contribution is 2.28. The van der Waals surface area contributed by atoms with Crippen molar-refractivity contribution >= 4 is 40.4 Å². The van der Waals surface area contributed by atoms with E-state index >= 15 is 0 Å². The normalized spacial score (nSPS) is 16.6. The molecule has 1 aliphatic heterocycles. The fourth-order valence-electron chi connectivity index (χ4n) is 4.60. The minimum atomic E-state index is 0.251. The number of nitrogens with zero attached hydrogens (tertiary/aromatic N) is 1. The zero-order valence-electron chi connectivity index (χ0n) is 27.8. The lowest BCUT2D eigenvalue weighted by Gasteiger charge is -2.09. The number of halogens is 1. The van der Waals surface area contributed by atoms with E-state index in [-0.39, 0.29) is 12.1 Å². The van der Waals surface area contributed by atoms with Gasteiger partial charge in [0.2, 0.25) is 0 Å². The fourth-order valence-corrected chi connectivity index (χ4v) is 4.89. The average Bonchev–Trinajstić information content (AvgIpc) is 3.51. The first-order valence-electron chi connectivity index (χ1n) is 15.5. The molecule has 4 aromatic rings. The Morgan fingerprint density at radius 1 is 0.864 bits per heavy atom. The summed E-state index contributed by atoms with van der Waals surface area (Å²) in [6.07, 6.45) is 10.1. The van der Waals surface area contributed by atoms with Gasteiger partial charge in [-0.2, -0.15) is 3.89 Å². The Morgan fingerprint density at radius 2 is 1.45 bits per heavy atom. The second-order valence-electron chi connectivity index (χ2n) is 10.6. The number of nitrogens with one attached hydrogen (secondary N) is 1. The van der Waals surface area contributed by atoms with Crippen molar-refractivity contribution in [1.82, 2.24) is 4.98 Å². The van der Waals surface area contributed by atoms with Crippen LogP contribution in [0.15, 0.2) is 119 Å². The summed E-state index contributed by atoms with van der Waals surface area (Å²) in [6, 6.07) is 25.3. The number of para-hydroxylation sites is 1. The summed E-state index contributed by atoms with van der Waals surface area (Å²) in [5, 5.41) is 1.25. The van der Waals surface area contributed by atoms with Crippen LogP contribution in [0, 0.1) is 6.92 Å². The number of hydrogen-bond acceptors (Lipinski definition) is 2. The molecular weight excluding hydrogens is 560 g/mol. The molecule has 1 aliphatic rings. The van der Waals surface area contributed by atoms with Gasteiger partial charge in [0.1, 0.15) is 0 Å². The van der Waals surface area contributed by atoms with Crippen molar-refractivity contribution in [2.45, 2.75) is 68.2 Å². The molecular formula is C40H49FN2S. The third-order valence-electron chi connectivity index (χ3n) is 7.14. The van der Waals surface area contributed by atoms with Crippen LogP contribution in [-0.2, 0) is 12.8 Å². The summed E-state index contributed by atoms with van der Waals surface area (Å²) >= 11 is 0.251. The summed E-state index contributed by atoms with van der Waals surface area (Å²) in [7, 11) is 0. The molecule has 44 heavy (non-hydrogen) atoms. The van der Waals surface area contributed by atoms with Crippen molar-refractivity contribution in [3.63, 3.8) is 0 Å². The van der Waals surface area contributed by atoms with E-state index < -0.39 is 0 Å². The first kappa shape index (κ1) is 36.3. The Bertz CT molecular complexity index is 1580. The molecule has 0 radical (unpaired) electrons. The number of fused-ring (bicyclic) bond motifs is 1. The smallest absolute Gasteiger partial charge is 0.0831 e. The zero-order chi connectivity index (χ0) is 32.5. The number of allylic oxidation sites excluding steroid dienone is 6. The Balaban J connectivity index is 0.000000240. The van der Waals surface area contributed by atoms with Gasteiger partial charge in [0.15, 0.2) is 0 Å². The van der Waals surface area contributed by atoms with Gasteiger partial charge >= 0.3 is 0 Å². The molecule has 0 spiro atoms. The van der Waals surface area contributed by atoms with Gasteiger partial charge < -0.3 is 4.98 Å². The minimum Gasteiger partial charge on any atom is -0.361 e. The van der Waals surface area contributed by atoms with Crippen LogP contribution < -0.4 is 0 Å². The highest BCUT2D eigenvalue weighted by Gasteiger charge is 2.08. The van der Waals surface area contributed by atoms with Crippen LogP contribution in [0.5, 0.6) is 0 Å². The molecule has 4 heteroatoms. The lowest BCUT2D eigenvalue weighted by molar-refractivity contribution is 0.945. The molecule has 1 aromatic heterocycles. The van der Waals surface area contributed by atoms with Crippen molar-refractivity contribution < 1.29 is 3.89 Å². The molecule has 0 saturated carbocycles. The van der Waals surface area contributed by atoms with Crippen LogP contribution in [-0.4, -0.2) is 17.7 Å². The molecule has 0 saturated heterocycles. The maximum atomic E-state index is 13.0. The quantitative estimate of drug-likeness (QED) is 0.240. The summed E-state index contributed by atoms with van der Waals surface area (Å²) in [5.41, 5.74) is 11.9. The first-order chi connectivity index (χ1) is 21.3. The third-order valence-corrected chi connectivity index (χ3v) is 7.73. The van der Waals surface area contributed by atoms with Crippen LogP contribution in [0.4, 0.5) is 3.89 Å². The molecule has 0 aliphatic carbocycles. The molecule has 2 heterocycles. The maximum absolute atomic E-state index is 13.0. The molecule has 0 atom stereocenters. The van der Waals surface area contributed by atoms with E-state index in [9.17, 15) is 3.89 Å². The molecule has 2 nitrogen and oxygen atoms in total. The monoisotopic (exact) mass is 608 g/mol. The van der Waals surface area contributed by atoms with Gasteiger partial charge in [-0.25, -0.2) is 0 Å². The van der Waals surface area contributed by atoms with Gasteiger partial charge in [0, 0.05) is 28.9 Å². The predicted octanol–water partition coefficient (Wildman–Crippen LogP) is 12.3. The van der Waals surface area contributed by atoms with Crippen LogP contribution in [0.2, 0.25) is 0 Å². The minimum absolute atomic E-state index is 0.251. The SMILES string of the molecule is C/C1=C/C(c2ccccc2C)=C\C(C)=C(/SF)C=NC1.C=C(C)c1c[nH]c2ccccc12.CC.CCc1ccc(CC)cc1. The van der Waals surface area contributed by atoms with Crippen molar-refractivity contribution in [3.8, 4) is 0 Å². The van der Waals surface area contributed by atoms with E-state index in [1.54, 1.807) is 6.21 Å². The Kier molecular flexibility index (Phi) is 16.0. The van der Waals surface area contributed by atoms with Gasteiger partial charge in [0.05, 0.1) is 23.6 Å². The molecule has 0 amide bonds. The summed E-state index contributed by atoms with van der Waals surface area (Å²) < 4.78 is 13.0. The fraction of sp³-hybridized carbons (Fsp3) is 0.275. The van der Waals surface area contributed by atoms with Gasteiger partial charge in [-0.05, 0) is 85.6 Å². The number of benzene rings is 3. The van der Waals surface area contributed by atoms with E-state index in [0.29, 0.717) is 11.4 Å². The number of aliphatic imine (C=N–C) groups is 1. The first-order valence-corrected chi connectivity index (χ1v) is 16.2. The second-order valence-corrected chi connectivity index (χ2v) is 11.1. The Morgan fingerprint density at radius 3 is 2.02 bits per heavy atom. The lowest BCUT2D eigenvalue weighted by Crippen LogP contribution is -1.89. The van der Waals surface area contributed by atoms with Gasteiger partial charge in [0.25, 0.3) is 0 Å². The van der Waals surface area contributed by atoms with Gasteiger partial charge in [-0.3, -0.25) is 4.99 Å². The van der Waals surface area contributed by atoms with E-state index in [1.807, 2.05) is 71.2 Å². The number of aromatic amines is 1. The maximum Gasteiger partial charge on any atom is 0.0831 e. The van der Waals surface area contributed by atoms with Gasteiger partial charge in [-0.1, -0.05) is 119 Å².